The lowest BCUT2D eigenvalue weighted by Gasteiger charge is -2.33. The molecule has 0 unspecified atom stereocenters. The maximum absolute atomic E-state index is 4.38. The monoisotopic (exact) mass is 309 g/mol. The molecule has 0 aromatic heterocycles. The van der Waals surface area contributed by atoms with Crippen molar-refractivity contribution in [2.45, 2.75) is 58.0 Å². The van der Waals surface area contributed by atoms with E-state index < -0.39 is 0 Å². The molecule has 22 heavy (non-hydrogen) atoms. The predicted octanol–water partition coefficient (Wildman–Crippen LogP) is 1.51. The maximum Gasteiger partial charge on any atom is 0.191 e. The van der Waals surface area contributed by atoms with E-state index in [9.17, 15) is 0 Å². The van der Waals surface area contributed by atoms with Gasteiger partial charge < -0.3 is 15.5 Å². The summed E-state index contributed by atoms with van der Waals surface area (Å²) in [6.45, 7) is 11.5. The Morgan fingerprint density at radius 1 is 1.18 bits per heavy atom. The highest BCUT2D eigenvalue weighted by molar-refractivity contribution is 5.79. The number of aliphatic imine (C=N–C) groups is 1. The van der Waals surface area contributed by atoms with E-state index in [0.717, 1.165) is 31.6 Å². The Morgan fingerprint density at radius 2 is 1.91 bits per heavy atom. The lowest BCUT2D eigenvalue weighted by atomic mass is 10.1. The molecule has 2 N–H and O–H groups in total. The average molecular weight is 310 g/mol. The van der Waals surface area contributed by atoms with E-state index in [4.69, 9.17) is 0 Å². The highest BCUT2D eigenvalue weighted by Crippen LogP contribution is 2.25. The van der Waals surface area contributed by atoms with Gasteiger partial charge in [0, 0.05) is 45.3 Å². The molecular weight excluding hydrogens is 274 g/mol. The van der Waals surface area contributed by atoms with Gasteiger partial charge in [-0.2, -0.15) is 0 Å². The Morgan fingerprint density at radius 3 is 2.45 bits per heavy atom. The quantitative estimate of drug-likeness (QED) is 0.527. The number of likely N-dealkylation sites (N-methyl/N-ethyl adjacent to an activating group) is 1. The number of hydrogen-bond donors (Lipinski definition) is 2. The fourth-order valence-corrected chi connectivity index (χ4v) is 3.36. The topological polar surface area (TPSA) is 42.9 Å². The van der Waals surface area contributed by atoms with Crippen molar-refractivity contribution in [2.75, 3.05) is 46.3 Å². The van der Waals surface area contributed by atoms with Crippen LogP contribution in [0.4, 0.5) is 0 Å². The summed E-state index contributed by atoms with van der Waals surface area (Å²) < 4.78 is 0. The van der Waals surface area contributed by atoms with Crippen molar-refractivity contribution in [3.05, 3.63) is 0 Å². The number of nitrogens with zero attached hydrogens (tertiary/aromatic N) is 3. The first-order valence-corrected chi connectivity index (χ1v) is 9.20. The minimum Gasteiger partial charge on any atom is -0.355 e. The summed E-state index contributed by atoms with van der Waals surface area (Å²) in [5, 5.41) is 7.08. The zero-order valence-corrected chi connectivity index (χ0v) is 14.8. The van der Waals surface area contributed by atoms with Crippen LogP contribution in [0.1, 0.15) is 46.0 Å². The van der Waals surface area contributed by atoms with E-state index in [1.807, 2.05) is 7.05 Å². The summed E-state index contributed by atoms with van der Waals surface area (Å²) >= 11 is 0. The lowest BCUT2D eigenvalue weighted by molar-refractivity contribution is 0.206. The standard InChI is InChI=1S/C17H35N5/c1-4-11-21-12-8-15(9-13-21)20-17(18-3)19-10-14-22(5-2)16-6-7-16/h15-16H,4-14H2,1-3H3,(H2,18,19,20). The number of guanidine groups is 1. The van der Waals surface area contributed by atoms with Crippen LogP contribution in [0.2, 0.25) is 0 Å². The fourth-order valence-electron chi connectivity index (χ4n) is 3.36. The van der Waals surface area contributed by atoms with Crippen LogP contribution in [0.25, 0.3) is 0 Å². The van der Waals surface area contributed by atoms with Crippen molar-refractivity contribution < 1.29 is 0 Å². The molecule has 5 heteroatoms. The molecule has 0 radical (unpaired) electrons. The molecule has 0 bridgehead atoms. The molecule has 128 valence electrons. The van der Waals surface area contributed by atoms with Crippen LogP contribution in [0, 0.1) is 0 Å². The van der Waals surface area contributed by atoms with Crippen LogP contribution >= 0.6 is 0 Å². The molecule has 2 aliphatic rings. The molecule has 0 aromatic carbocycles. The maximum atomic E-state index is 4.38. The second-order valence-corrected chi connectivity index (χ2v) is 6.62. The molecule has 2 fully saturated rings. The summed E-state index contributed by atoms with van der Waals surface area (Å²) in [7, 11) is 1.88. The van der Waals surface area contributed by atoms with E-state index >= 15 is 0 Å². The number of hydrogen-bond acceptors (Lipinski definition) is 3. The Hall–Kier alpha value is -0.810. The van der Waals surface area contributed by atoms with Crippen molar-refractivity contribution >= 4 is 5.96 Å². The molecule has 0 atom stereocenters. The average Bonchev–Trinajstić information content (AvgIpc) is 3.37. The van der Waals surface area contributed by atoms with Gasteiger partial charge in [-0.05, 0) is 45.2 Å². The van der Waals surface area contributed by atoms with Gasteiger partial charge in [0.05, 0.1) is 0 Å². The largest absolute Gasteiger partial charge is 0.355 e. The molecule has 1 aliphatic heterocycles. The van der Waals surface area contributed by atoms with Gasteiger partial charge in [-0.25, -0.2) is 0 Å². The van der Waals surface area contributed by atoms with Gasteiger partial charge in [-0.1, -0.05) is 13.8 Å². The van der Waals surface area contributed by atoms with E-state index in [1.54, 1.807) is 0 Å². The van der Waals surface area contributed by atoms with Crippen LogP contribution < -0.4 is 10.6 Å². The minimum atomic E-state index is 0.574. The first kappa shape index (κ1) is 17.5. The molecule has 5 nitrogen and oxygen atoms in total. The van der Waals surface area contributed by atoms with Crippen molar-refractivity contribution in [2.24, 2.45) is 4.99 Å². The van der Waals surface area contributed by atoms with Gasteiger partial charge in [-0.15, -0.1) is 0 Å². The molecule has 0 spiro atoms. The molecule has 1 aliphatic carbocycles. The molecular formula is C17H35N5. The van der Waals surface area contributed by atoms with Crippen molar-refractivity contribution in [3.8, 4) is 0 Å². The van der Waals surface area contributed by atoms with Crippen LogP contribution in [-0.4, -0.2) is 74.2 Å². The molecule has 1 saturated heterocycles. The van der Waals surface area contributed by atoms with Crippen molar-refractivity contribution in [1.29, 1.82) is 0 Å². The number of nitrogens with one attached hydrogen (secondary N) is 2. The first-order valence-electron chi connectivity index (χ1n) is 9.20. The fraction of sp³-hybridized carbons (Fsp3) is 0.941. The molecule has 0 aromatic rings. The van der Waals surface area contributed by atoms with Gasteiger partial charge in [-0.3, -0.25) is 9.89 Å². The third kappa shape index (κ3) is 5.76. The van der Waals surface area contributed by atoms with Crippen molar-refractivity contribution in [1.82, 2.24) is 20.4 Å². The second-order valence-electron chi connectivity index (χ2n) is 6.62. The number of likely N-dealkylation sites (tertiary alicyclic amines) is 1. The third-order valence-corrected chi connectivity index (χ3v) is 4.85. The Bertz CT molecular complexity index is 332. The summed E-state index contributed by atoms with van der Waals surface area (Å²) in [5.74, 6) is 0.973. The van der Waals surface area contributed by atoms with E-state index in [0.29, 0.717) is 6.04 Å². The molecule has 2 rings (SSSR count). The summed E-state index contributed by atoms with van der Waals surface area (Å²) in [5.41, 5.74) is 0. The number of rotatable bonds is 8. The summed E-state index contributed by atoms with van der Waals surface area (Å²) in [6.07, 6.45) is 6.48. The summed E-state index contributed by atoms with van der Waals surface area (Å²) in [4.78, 5) is 9.53. The van der Waals surface area contributed by atoms with Gasteiger partial charge >= 0.3 is 0 Å². The summed E-state index contributed by atoms with van der Waals surface area (Å²) in [6, 6.07) is 1.43. The van der Waals surface area contributed by atoms with E-state index in [1.165, 1.54) is 51.7 Å². The van der Waals surface area contributed by atoms with Gasteiger partial charge in [0.15, 0.2) is 5.96 Å². The van der Waals surface area contributed by atoms with Crippen LogP contribution in [0.15, 0.2) is 4.99 Å². The van der Waals surface area contributed by atoms with Crippen LogP contribution in [0.3, 0.4) is 0 Å². The number of piperidine rings is 1. The Balaban J connectivity index is 1.63. The molecule has 1 saturated carbocycles. The highest BCUT2D eigenvalue weighted by atomic mass is 15.2. The SMILES string of the molecule is CCCN1CCC(NC(=NC)NCCN(CC)C2CC2)CC1. The van der Waals surface area contributed by atoms with Crippen LogP contribution in [0.5, 0.6) is 0 Å². The van der Waals surface area contributed by atoms with E-state index in [-0.39, 0.29) is 0 Å². The first-order chi connectivity index (χ1) is 10.8. The van der Waals surface area contributed by atoms with Gasteiger partial charge in [0.1, 0.15) is 0 Å². The van der Waals surface area contributed by atoms with Gasteiger partial charge in [0.2, 0.25) is 0 Å². The zero-order chi connectivity index (χ0) is 15.8. The highest BCUT2D eigenvalue weighted by Gasteiger charge is 2.27. The van der Waals surface area contributed by atoms with Crippen molar-refractivity contribution in [3.63, 3.8) is 0 Å². The smallest absolute Gasteiger partial charge is 0.191 e. The lowest BCUT2D eigenvalue weighted by Crippen LogP contribution is -2.49. The third-order valence-electron chi connectivity index (χ3n) is 4.85. The Kier molecular flexibility index (Phi) is 7.46. The van der Waals surface area contributed by atoms with E-state index in [2.05, 4.69) is 39.3 Å². The van der Waals surface area contributed by atoms with Crippen LogP contribution in [-0.2, 0) is 0 Å². The minimum absolute atomic E-state index is 0.574. The molecule has 0 amide bonds. The normalized spacial score (nSPS) is 21.4. The second kappa shape index (κ2) is 9.36. The zero-order valence-electron chi connectivity index (χ0n) is 14.8. The molecule has 1 heterocycles. The Labute approximate surface area is 136 Å². The van der Waals surface area contributed by atoms with Gasteiger partial charge in [0.25, 0.3) is 0 Å². The predicted molar refractivity (Wildman–Crippen MR) is 94.5 cm³/mol.